The standard InChI is InChI=1S/C18H19N3O2/c1-21(2)14-7-5-6-13(12-14)18(22)19-11-10-17-20-15-8-3-4-9-16(15)23-17/h3-9,12H,10-11H2,1-2H3,(H,19,22). The van der Waals surface area contributed by atoms with Crippen LogP contribution in [0.5, 0.6) is 0 Å². The lowest BCUT2D eigenvalue weighted by Gasteiger charge is -2.13. The maximum absolute atomic E-state index is 12.2. The van der Waals surface area contributed by atoms with Crippen molar-refractivity contribution < 1.29 is 9.21 Å². The predicted octanol–water partition coefficient (Wildman–Crippen LogP) is 2.87. The van der Waals surface area contributed by atoms with Gasteiger partial charge in [-0.2, -0.15) is 0 Å². The van der Waals surface area contributed by atoms with Gasteiger partial charge in [0.1, 0.15) is 5.52 Å². The monoisotopic (exact) mass is 309 g/mol. The Morgan fingerprint density at radius 3 is 2.78 bits per heavy atom. The van der Waals surface area contributed by atoms with Gasteiger partial charge in [0.25, 0.3) is 5.91 Å². The first-order chi connectivity index (χ1) is 11.1. The summed E-state index contributed by atoms with van der Waals surface area (Å²) in [6.07, 6.45) is 0.563. The summed E-state index contributed by atoms with van der Waals surface area (Å²) in [5.41, 5.74) is 3.25. The van der Waals surface area contributed by atoms with Crippen LogP contribution in [0.2, 0.25) is 0 Å². The van der Waals surface area contributed by atoms with Crippen molar-refractivity contribution in [2.75, 3.05) is 25.5 Å². The average molecular weight is 309 g/mol. The summed E-state index contributed by atoms with van der Waals surface area (Å²) in [4.78, 5) is 18.6. The Morgan fingerprint density at radius 1 is 1.17 bits per heavy atom. The van der Waals surface area contributed by atoms with Crippen LogP contribution in [0.3, 0.4) is 0 Å². The Bertz CT molecular complexity index is 791. The Morgan fingerprint density at radius 2 is 2.00 bits per heavy atom. The van der Waals surface area contributed by atoms with Crippen molar-refractivity contribution in [2.45, 2.75) is 6.42 Å². The fraction of sp³-hybridized carbons (Fsp3) is 0.222. The fourth-order valence-electron chi connectivity index (χ4n) is 2.34. The highest BCUT2D eigenvalue weighted by molar-refractivity contribution is 5.95. The Kier molecular flexibility index (Phi) is 4.28. The first-order valence-corrected chi connectivity index (χ1v) is 7.53. The van der Waals surface area contributed by atoms with E-state index in [0.717, 1.165) is 16.8 Å². The van der Waals surface area contributed by atoms with Crippen molar-refractivity contribution in [3.05, 3.63) is 60.0 Å². The molecule has 1 N–H and O–H groups in total. The quantitative estimate of drug-likeness (QED) is 0.787. The van der Waals surface area contributed by atoms with Crippen LogP contribution in [-0.2, 0) is 6.42 Å². The van der Waals surface area contributed by atoms with Gasteiger partial charge in [-0.25, -0.2) is 4.98 Å². The minimum Gasteiger partial charge on any atom is -0.441 e. The Labute approximate surface area is 134 Å². The predicted molar refractivity (Wildman–Crippen MR) is 90.8 cm³/mol. The van der Waals surface area contributed by atoms with E-state index in [1.54, 1.807) is 0 Å². The lowest BCUT2D eigenvalue weighted by atomic mass is 10.2. The molecule has 0 bridgehead atoms. The van der Waals surface area contributed by atoms with Crippen LogP contribution in [0.25, 0.3) is 11.1 Å². The van der Waals surface area contributed by atoms with Crippen molar-refractivity contribution in [3.8, 4) is 0 Å². The number of benzene rings is 2. The molecule has 0 aliphatic carbocycles. The number of carbonyl (C=O) groups excluding carboxylic acids is 1. The van der Waals surface area contributed by atoms with Gasteiger partial charge >= 0.3 is 0 Å². The van der Waals surface area contributed by atoms with E-state index in [1.165, 1.54) is 0 Å². The molecule has 3 rings (SSSR count). The second-order valence-corrected chi connectivity index (χ2v) is 5.53. The highest BCUT2D eigenvalue weighted by Crippen LogP contribution is 2.15. The molecule has 5 nitrogen and oxygen atoms in total. The molecular formula is C18H19N3O2. The van der Waals surface area contributed by atoms with Crippen LogP contribution in [0.1, 0.15) is 16.2 Å². The first kappa shape index (κ1) is 15.1. The van der Waals surface area contributed by atoms with Gasteiger partial charge in [0.2, 0.25) is 0 Å². The van der Waals surface area contributed by atoms with E-state index in [1.807, 2.05) is 67.5 Å². The molecule has 0 saturated carbocycles. The topological polar surface area (TPSA) is 58.4 Å². The van der Waals surface area contributed by atoms with Gasteiger partial charge in [0.15, 0.2) is 11.5 Å². The molecule has 0 atom stereocenters. The van der Waals surface area contributed by atoms with E-state index in [0.29, 0.717) is 24.4 Å². The molecule has 118 valence electrons. The van der Waals surface area contributed by atoms with Gasteiger partial charge in [0, 0.05) is 38.3 Å². The number of nitrogens with one attached hydrogen (secondary N) is 1. The lowest BCUT2D eigenvalue weighted by Crippen LogP contribution is -2.26. The number of aromatic nitrogens is 1. The largest absolute Gasteiger partial charge is 0.441 e. The second kappa shape index (κ2) is 6.52. The SMILES string of the molecule is CN(C)c1cccc(C(=O)NCCc2nc3ccccc3o2)c1. The smallest absolute Gasteiger partial charge is 0.251 e. The molecule has 5 heteroatoms. The number of anilines is 1. The third kappa shape index (κ3) is 3.51. The zero-order chi connectivity index (χ0) is 16.2. The van der Waals surface area contributed by atoms with Crippen LogP contribution in [0, 0.1) is 0 Å². The van der Waals surface area contributed by atoms with E-state index in [2.05, 4.69) is 10.3 Å². The average Bonchev–Trinajstić information content (AvgIpc) is 2.97. The number of amides is 1. The van der Waals surface area contributed by atoms with E-state index in [-0.39, 0.29) is 5.91 Å². The molecule has 0 aliphatic rings. The fourth-order valence-corrected chi connectivity index (χ4v) is 2.34. The maximum Gasteiger partial charge on any atom is 0.251 e. The lowest BCUT2D eigenvalue weighted by molar-refractivity contribution is 0.0953. The molecule has 1 amide bonds. The number of rotatable bonds is 5. The van der Waals surface area contributed by atoms with Gasteiger partial charge < -0.3 is 14.6 Å². The number of hydrogen-bond donors (Lipinski definition) is 1. The molecule has 0 spiro atoms. The van der Waals surface area contributed by atoms with Crippen molar-refractivity contribution in [1.29, 1.82) is 0 Å². The summed E-state index contributed by atoms with van der Waals surface area (Å²) in [5, 5.41) is 2.90. The van der Waals surface area contributed by atoms with Gasteiger partial charge in [-0.1, -0.05) is 18.2 Å². The van der Waals surface area contributed by atoms with Crippen molar-refractivity contribution >= 4 is 22.7 Å². The van der Waals surface area contributed by atoms with E-state index < -0.39 is 0 Å². The third-order valence-corrected chi connectivity index (χ3v) is 3.59. The van der Waals surface area contributed by atoms with Crippen LogP contribution < -0.4 is 10.2 Å². The molecule has 0 unspecified atom stereocenters. The van der Waals surface area contributed by atoms with Crippen LogP contribution in [-0.4, -0.2) is 31.5 Å². The summed E-state index contributed by atoms with van der Waals surface area (Å²) in [6, 6.07) is 15.2. The van der Waals surface area contributed by atoms with Crippen LogP contribution in [0.4, 0.5) is 5.69 Å². The molecule has 0 radical (unpaired) electrons. The molecular weight excluding hydrogens is 290 g/mol. The molecule has 2 aromatic carbocycles. The molecule has 1 aromatic heterocycles. The molecule has 23 heavy (non-hydrogen) atoms. The van der Waals surface area contributed by atoms with Gasteiger partial charge in [0.05, 0.1) is 0 Å². The van der Waals surface area contributed by atoms with E-state index in [9.17, 15) is 4.79 Å². The number of hydrogen-bond acceptors (Lipinski definition) is 4. The highest BCUT2D eigenvalue weighted by atomic mass is 16.3. The van der Waals surface area contributed by atoms with Gasteiger partial charge in [-0.05, 0) is 30.3 Å². The molecule has 0 fully saturated rings. The number of carbonyl (C=O) groups is 1. The van der Waals surface area contributed by atoms with Gasteiger partial charge in [-0.15, -0.1) is 0 Å². The number of para-hydroxylation sites is 2. The van der Waals surface area contributed by atoms with Crippen LogP contribution >= 0.6 is 0 Å². The number of fused-ring (bicyclic) bond motifs is 1. The molecule has 3 aromatic rings. The third-order valence-electron chi connectivity index (χ3n) is 3.59. The first-order valence-electron chi connectivity index (χ1n) is 7.53. The summed E-state index contributed by atoms with van der Waals surface area (Å²) >= 11 is 0. The minimum atomic E-state index is -0.0928. The highest BCUT2D eigenvalue weighted by Gasteiger charge is 2.08. The van der Waals surface area contributed by atoms with Crippen molar-refractivity contribution in [2.24, 2.45) is 0 Å². The van der Waals surface area contributed by atoms with Crippen molar-refractivity contribution in [1.82, 2.24) is 10.3 Å². The normalized spacial score (nSPS) is 10.7. The number of oxazole rings is 1. The molecule has 0 saturated heterocycles. The zero-order valence-electron chi connectivity index (χ0n) is 13.2. The molecule has 1 heterocycles. The number of nitrogens with zero attached hydrogens (tertiary/aromatic N) is 2. The summed E-state index contributed by atoms with van der Waals surface area (Å²) in [5.74, 6) is 0.540. The van der Waals surface area contributed by atoms with E-state index >= 15 is 0 Å². The zero-order valence-corrected chi connectivity index (χ0v) is 13.2. The Hall–Kier alpha value is -2.82. The minimum absolute atomic E-state index is 0.0928. The van der Waals surface area contributed by atoms with Crippen molar-refractivity contribution in [3.63, 3.8) is 0 Å². The van der Waals surface area contributed by atoms with Crippen LogP contribution in [0.15, 0.2) is 52.9 Å². The van der Waals surface area contributed by atoms with E-state index in [4.69, 9.17) is 4.42 Å². The van der Waals surface area contributed by atoms with Gasteiger partial charge in [-0.3, -0.25) is 4.79 Å². The second-order valence-electron chi connectivity index (χ2n) is 5.53. The maximum atomic E-state index is 12.2. The summed E-state index contributed by atoms with van der Waals surface area (Å²) in [6.45, 7) is 0.484. The Balaban J connectivity index is 1.59. The summed E-state index contributed by atoms with van der Waals surface area (Å²) < 4.78 is 5.64. The molecule has 0 aliphatic heterocycles. The summed E-state index contributed by atoms with van der Waals surface area (Å²) in [7, 11) is 3.90.